The number of benzene rings is 3. The summed E-state index contributed by atoms with van der Waals surface area (Å²) in [7, 11) is 0. The fraction of sp³-hybridized carbons (Fsp3) is 0.261. The number of fused-ring (bicyclic) bond motifs is 1. The minimum atomic E-state index is -4.50. The lowest BCUT2D eigenvalue weighted by Crippen LogP contribution is -2.43. The van der Waals surface area contributed by atoms with E-state index in [9.17, 15) is 18.0 Å². The molecule has 3 aromatic carbocycles. The van der Waals surface area contributed by atoms with Crippen molar-refractivity contribution in [3.63, 3.8) is 0 Å². The summed E-state index contributed by atoms with van der Waals surface area (Å²) in [4.78, 5) is 14.8. The second-order valence-electron chi connectivity index (χ2n) is 7.38. The molecule has 0 spiro atoms. The van der Waals surface area contributed by atoms with E-state index >= 15 is 0 Å². The molecule has 1 aliphatic rings. The molecule has 3 aromatic rings. The lowest BCUT2D eigenvalue weighted by atomic mass is 10.0. The van der Waals surface area contributed by atoms with Crippen molar-refractivity contribution in [1.29, 1.82) is 0 Å². The number of nitrogens with one attached hydrogen (secondary N) is 2. The summed E-state index contributed by atoms with van der Waals surface area (Å²) in [6.45, 7) is 3.17. The van der Waals surface area contributed by atoms with Gasteiger partial charge in [-0.2, -0.15) is 13.2 Å². The molecule has 30 heavy (non-hydrogen) atoms. The smallest absolute Gasteiger partial charge is 0.322 e. The zero-order chi connectivity index (χ0) is 21.1. The normalized spacial score (nSPS) is 15.3. The predicted octanol–water partition coefficient (Wildman–Crippen LogP) is 4.52. The molecule has 0 saturated carbocycles. The molecule has 156 valence electrons. The van der Waals surface area contributed by atoms with Gasteiger partial charge in [-0.3, -0.25) is 9.69 Å². The topological polar surface area (TPSA) is 44.4 Å². The summed E-state index contributed by atoms with van der Waals surface area (Å²) < 4.78 is 41.1. The van der Waals surface area contributed by atoms with E-state index in [-0.39, 0.29) is 17.8 Å². The second-order valence-corrected chi connectivity index (χ2v) is 7.38. The van der Waals surface area contributed by atoms with E-state index in [1.165, 1.54) is 12.1 Å². The predicted molar refractivity (Wildman–Crippen MR) is 111 cm³/mol. The van der Waals surface area contributed by atoms with Crippen LogP contribution in [0.25, 0.3) is 10.8 Å². The molecule has 1 amide bonds. The molecule has 7 heteroatoms. The van der Waals surface area contributed by atoms with Crippen molar-refractivity contribution in [2.45, 2.75) is 12.7 Å². The molecule has 2 N–H and O–H groups in total. The Kier molecular flexibility index (Phi) is 5.74. The second kappa shape index (κ2) is 8.45. The maximum absolute atomic E-state index is 13.7. The minimum Gasteiger partial charge on any atom is -0.322 e. The van der Waals surface area contributed by atoms with Crippen molar-refractivity contribution >= 4 is 22.4 Å². The number of carbonyl (C=O) groups excluding carboxylic acids is 1. The quantitative estimate of drug-likeness (QED) is 0.661. The summed E-state index contributed by atoms with van der Waals surface area (Å²) in [6.07, 6.45) is -4.50. The molecule has 4 nitrogen and oxygen atoms in total. The van der Waals surface area contributed by atoms with Crippen molar-refractivity contribution in [2.24, 2.45) is 0 Å². The Morgan fingerprint density at radius 3 is 2.50 bits per heavy atom. The van der Waals surface area contributed by atoms with Gasteiger partial charge in [0.2, 0.25) is 0 Å². The number of alkyl halides is 3. The van der Waals surface area contributed by atoms with Crippen LogP contribution < -0.4 is 10.6 Å². The largest absolute Gasteiger partial charge is 0.416 e. The first kappa shape index (κ1) is 20.4. The fourth-order valence-corrected chi connectivity index (χ4v) is 3.79. The number of carbonyl (C=O) groups is 1. The molecule has 0 bridgehead atoms. The number of piperazine rings is 1. The zero-order valence-electron chi connectivity index (χ0n) is 16.3. The highest BCUT2D eigenvalue weighted by Gasteiger charge is 2.34. The first-order valence-corrected chi connectivity index (χ1v) is 9.84. The molecule has 1 aliphatic heterocycles. The number of nitrogens with zero attached hydrogens (tertiary/aromatic N) is 1. The van der Waals surface area contributed by atoms with Gasteiger partial charge in [-0.15, -0.1) is 0 Å². The Bertz CT molecular complexity index is 1050. The third-order valence-electron chi connectivity index (χ3n) is 5.31. The van der Waals surface area contributed by atoms with Crippen LogP contribution in [0.5, 0.6) is 0 Å². The molecule has 1 saturated heterocycles. The van der Waals surface area contributed by atoms with E-state index in [1.54, 1.807) is 12.1 Å². The number of hydrogen-bond donors (Lipinski definition) is 2. The molecule has 4 rings (SSSR count). The molecule has 0 aromatic heterocycles. The molecule has 1 heterocycles. The van der Waals surface area contributed by atoms with Crippen molar-refractivity contribution in [1.82, 2.24) is 10.2 Å². The van der Waals surface area contributed by atoms with Gasteiger partial charge in [-0.25, -0.2) is 0 Å². The Hall–Kier alpha value is -2.90. The van der Waals surface area contributed by atoms with Crippen LogP contribution >= 0.6 is 0 Å². The number of rotatable bonds is 4. The van der Waals surface area contributed by atoms with Gasteiger partial charge in [0.05, 0.1) is 5.56 Å². The monoisotopic (exact) mass is 413 g/mol. The van der Waals surface area contributed by atoms with E-state index in [1.807, 2.05) is 35.2 Å². The van der Waals surface area contributed by atoms with Gasteiger partial charge in [-0.1, -0.05) is 42.5 Å². The van der Waals surface area contributed by atoms with Gasteiger partial charge in [0.15, 0.2) is 0 Å². The van der Waals surface area contributed by atoms with Gasteiger partial charge in [0, 0.05) is 44.0 Å². The van der Waals surface area contributed by atoms with Crippen LogP contribution in [0.3, 0.4) is 0 Å². The summed E-state index contributed by atoms with van der Waals surface area (Å²) in [5.74, 6) is -0.435. The van der Waals surface area contributed by atoms with Gasteiger partial charge in [0.1, 0.15) is 0 Å². The summed E-state index contributed by atoms with van der Waals surface area (Å²) >= 11 is 0. The van der Waals surface area contributed by atoms with Crippen LogP contribution in [0.15, 0.2) is 60.7 Å². The fourth-order valence-electron chi connectivity index (χ4n) is 3.79. The average Bonchev–Trinajstić information content (AvgIpc) is 2.74. The molecular weight excluding hydrogens is 391 g/mol. The van der Waals surface area contributed by atoms with E-state index in [0.29, 0.717) is 18.7 Å². The van der Waals surface area contributed by atoms with E-state index < -0.39 is 17.6 Å². The first-order valence-electron chi connectivity index (χ1n) is 9.84. The highest BCUT2D eigenvalue weighted by Crippen LogP contribution is 2.34. The summed E-state index contributed by atoms with van der Waals surface area (Å²) in [5.41, 5.74) is 0.0557. The highest BCUT2D eigenvalue weighted by atomic mass is 19.4. The van der Waals surface area contributed by atoms with Gasteiger partial charge in [0.25, 0.3) is 5.91 Å². The minimum absolute atomic E-state index is 0.129. The maximum Gasteiger partial charge on any atom is 0.416 e. The Morgan fingerprint density at radius 1 is 1.00 bits per heavy atom. The van der Waals surface area contributed by atoms with E-state index in [0.717, 1.165) is 29.9 Å². The Labute approximate surface area is 172 Å². The number of amides is 1. The number of anilines is 1. The standard InChI is InChI=1S/C23H22F3N3O/c24-23(25,26)21-14-18(9-8-17(21)15-29-12-10-27-11-13-29)28-22(30)20-7-3-5-16-4-1-2-6-19(16)20/h1-9,14,27H,10-13,15H2,(H,28,30). The molecular formula is C23H22F3N3O. The lowest BCUT2D eigenvalue weighted by Gasteiger charge is -2.28. The first-order chi connectivity index (χ1) is 14.4. The van der Waals surface area contributed by atoms with Crippen LogP contribution in [0.1, 0.15) is 21.5 Å². The Morgan fingerprint density at radius 2 is 1.73 bits per heavy atom. The van der Waals surface area contributed by atoms with Crippen molar-refractivity contribution in [2.75, 3.05) is 31.5 Å². The van der Waals surface area contributed by atoms with Gasteiger partial charge < -0.3 is 10.6 Å². The van der Waals surface area contributed by atoms with E-state index in [4.69, 9.17) is 0 Å². The van der Waals surface area contributed by atoms with Crippen LogP contribution in [0.4, 0.5) is 18.9 Å². The molecule has 0 aliphatic carbocycles. The maximum atomic E-state index is 13.7. The van der Waals surface area contributed by atoms with Gasteiger partial charge in [-0.05, 0) is 34.5 Å². The highest BCUT2D eigenvalue weighted by molar-refractivity contribution is 6.12. The van der Waals surface area contributed by atoms with Crippen molar-refractivity contribution in [3.8, 4) is 0 Å². The van der Waals surface area contributed by atoms with Gasteiger partial charge >= 0.3 is 6.18 Å². The van der Waals surface area contributed by atoms with Crippen LogP contribution in [-0.2, 0) is 12.7 Å². The molecule has 0 radical (unpaired) electrons. The molecule has 1 fully saturated rings. The SMILES string of the molecule is O=C(Nc1ccc(CN2CCNCC2)c(C(F)(F)F)c1)c1cccc2ccccc12. The summed E-state index contributed by atoms with van der Waals surface area (Å²) in [5, 5.41) is 7.47. The average molecular weight is 413 g/mol. The van der Waals surface area contributed by atoms with Crippen molar-refractivity contribution < 1.29 is 18.0 Å². The number of halogens is 3. The van der Waals surface area contributed by atoms with Crippen LogP contribution in [0, 0.1) is 0 Å². The van der Waals surface area contributed by atoms with Crippen molar-refractivity contribution in [3.05, 3.63) is 77.4 Å². The third kappa shape index (κ3) is 4.47. The zero-order valence-corrected chi connectivity index (χ0v) is 16.3. The molecule has 0 unspecified atom stereocenters. The molecule has 0 atom stereocenters. The lowest BCUT2D eigenvalue weighted by molar-refractivity contribution is -0.138. The summed E-state index contributed by atoms with van der Waals surface area (Å²) in [6, 6.07) is 16.7. The Balaban J connectivity index is 1.60. The van der Waals surface area contributed by atoms with Crippen LogP contribution in [-0.4, -0.2) is 37.0 Å². The third-order valence-corrected chi connectivity index (χ3v) is 5.31. The van der Waals surface area contributed by atoms with E-state index in [2.05, 4.69) is 10.6 Å². The van der Waals surface area contributed by atoms with Crippen LogP contribution in [0.2, 0.25) is 0 Å². The number of hydrogen-bond acceptors (Lipinski definition) is 3.